The fourth-order valence-electron chi connectivity index (χ4n) is 2.42. The maximum atomic E-state index is 12.3. The highest BCUT2D eigenvalue weighted by atomic mass is 35.5. The number of carbonyl (C=O) groups excluding carboxylic acids is 1. The molecule has 0 spiro atoms. The van der Waals surface area contributed by atoms with Crippen LogP contribution in [0.15, 0.2) is 12.3 Å². The Morgan fingerprint density at radius 1 is 1.50 bits per heavy atom. The number of aliphatic hydroxyl groups is 1. The molecule has 0 aromatic carbocycles. The number of pyridine rings is 1. The molecule has 2 unspecified atom stereocenters. The summed E-state index contributed by atoms with van der Waals surface area (Å²) >= 11 is 6.03. The van der Waals surface area contributed by atoms with Crippen LogP contribution in [0.2, 0.25) is 5.02 Å². The fourth-order valence-corrected chi connectivity index (χ4v) is 2.61. The predicted molar refractivity (Wildman–Crippen MR) is 79.1 cm³/mol. The number of halogens is 1. The summed E-state index contributed by atoms with van der Waals surface area (Å²) in [7, 11) is 0. The van der Waals surface area contributed by atoms with E-state index in [4.69, 9.17) is 11.6 Å². The summed E-state index contributed by atoms with van der Waals surface area (Å²) in [6.07, 6.45) is 4.56. The van der Waals surface area contributed by atoms with Crippen molar-refractivity contribution in [3.05, 3.63) is 22.8 Å². The number of aromatic nitrogens is 1. The highest BCUT2D eigenvalue weighted by Gasteiger charge is 2.25. The third-order valence-electron chi connectivity index (χ3n) is 3.50. The van der Waals surface area contributed by atoms with Gasteiger partial charge in [0.1, 0.15) is 5.82 Å². The molecule has 1 aliphatic rings. The quantitative estimate of drug-likeness (QED) is 0.796. The second-order valence-corrected chi connectivity index (χ2v) is 5.42. The minimum atomic E-state index is -0.471. The molecule has 0 radical (unpaired) electrons. The number of amides is 1. The summed E-state index contributed by atoms with van der Waals surface area (Å²) in [6, 6.07) is 1.44. The molecule has 2 atom stereocenters. The first-order valence-corrected chi connectivity index (χ1v) is 7.38. The maximum absolute atomic E-state index is 12.3. The number of nitrogens with one attached hydrogen (secondary N) is 2. The number of anilines is 1. The normalized spacial score (nSPS) is 22.4. The number of nitrogens with zero attached hydrogens (tertiary/aromatic N) is 1. The lowest BCUT2D eigenvalue weighted by molar-refractivity contribution is 0.0717. The van der Waals surface area contributed by atoms with Crippen LogP contribution in [0.3, 0.4) is 0 Å². The molecule has 1 saturated carbocycles. The van der Waals surface area contributed by atoms with Crippen LogP contribution in [0, 0.1) is 0 Å². The molecule has 1 aliphatic carbocycles. The van der Waals surface area contributed by atoms with Gasteiger partial charge in [0.05, 0.1) is 22.7 Å². The van der Waals surface area contributed by atoms with Crippen molar-refractivity contribution in [2.75, 3.05) is 11.9 Å². The van der Waals surface area contributed by atoms with Crippen LogP contribution in [0.25, 0.3) is 0 Å². The molecule has 6 heteroatoms. The Labute approximate surface area is 123 Å². The summed E-state index contributed by atoms with van der Waals surface area (Å²) in [5.74, 6) is 0.355. The lowest BCUT2D eigenvalue weighted by Gasteiger charge is -2.28. The largest absolute Gasteiger partial charge is 0.391 e. The molecule has 1 amide bonds. The first kappa shape index (κ1) is 15.1. The molecule has 20 heavy (non-hydrogen) atoms. The van der Waals surface area contributed by atoms with Gasteiger partial charge in [0.15, 0.2) is 0 Å². The van der Waals surface area contributed by atoms with Crippen molar-refractivity contribution in [3.63, 3.8) is 0 Å². The second kappa shape index (κ2) is 6.90. The minimum Gasteiger partial charge on any atom is -0.391 e. The van der Waals surface area contributed by atoms with E-state index in [0.29, 0.717) is 16.4 Å². The summed E-state index contributed by atoms with van der Waals surface area (Å²) in [5, 5.41) is 16.1. The Kier molecular flexibility index (Phi) is 5.20. The van der Waals surface area contributed by atoms with Gasteiger partial charge in [0.25, 0.3) is 5.91 Å². The Bertz CT molecular complexity index is 481. The Morgan fingerprint density at radius 3 is 2.95 bits per heavy atom. The van der Waals surface area contributed by atoms with Crippen LogP contribution < -0.4 is 10.6 Å². The highest BCUT2D eigenvalue weighted by Crippen LogP contribution is 2.21. The van der Waals surface area contributed by atoms with E-state index in [1.807, 2.05) is 6.92 Å². The van der Waals surface area contributed by atoms with E-state index in [1.54, 1.807) is 6.07 Å². The van der Waals surface area contributed by atoms with E-state index in [0.717, 1.165) is 32.2 Å². The molecular weight excluding hydrogens is 278 g/mol. The van der Waals surface area contributed by atoms with Gasteiger partial charge in [-0.25, -0.2) is 4.98 Å². The number of hydrogen-bond donors (Lipinski definition) is 3. The fraction of sp³-hybridized carbons (Fsp3) is 0.571. The lowest BCUT2D eigenvalue weighted by atomic mass is 9.92. The minimum absolute atomic E-state index is 0.192. The summed E-state index contributed by atoms with van der Waals surface area (Å²) in [6.45, 7) is 2.67. The van der Waals surface area contributed by atoms with Crippen LogP contribution >= 0.6 is 11.6 Å². The Morgan fingerprint density at radius 2 is 2.25 bits per heavy atom. The van der Waals surface area contributed by atoms with E-state index in [2.05, 4.69) is 15.6 Å². The maximum Gasteiger partial charge on any atom is 0.253 e. The smallest absolute Gasteiger partial charge is 0.253 e. The van der Waals surface area contributed by atoms with E-state index in [1.165, 1.54) is 6.20 Å². The topological polar surface area (TPSA) is 74.2 Å². The molecule has 0 bridgehead atoms. The highest BCUT2D eigenvalue weighted by molar-refractivity contribution is 6.33. The van der Waals surface area contributed by atoms with Gasteiger partial charge in [-0.2, -0.15) is 0 Å². The van der Waals surface area contributed by atoms with Crippen molar-refractivity contribution >= 4 is 23.3 Å². The first-order chi connectivity index (χ1) is 9.61. The Balaban J connectivity index is 2.09. The van der Waals surface area contributed by atoms with Gasteiger partial charge in [-0.3, -0.25) is 4.79 Å². The molecule has 1 aromatic heterocycles. The monoisotopic (exact) mass is 297 g/mol. The van der Waals surface area contributed by atoms with Crippen molar-refractivity contribution in [1.82, 2.24) is 10.3 Å². The van der Waals surface area contributed by atoms with Crippen LogP contribution in [0.1, 0.15) is 43.0 Å². The van der Waals surface area contributed by atoms with E-state index in [-0.39, 0.29) is 11.9 Å². The van der Waals surface area contributed by atoms with Gasteiger partial charge in [0, 0.05) is 12.7 Å². The summed E-state index contributed by atoms with van der Waals surface area (Å²) < 4.78 is 0. The molecule has 2 rings (SSSR count). The summed E-state index contributed by atoms with van der Waals surface area (Å²) in [5.41, 5.74) is 0.385. The average Bonchev–Trinajstić information content (AvgIpc) is 2.43. The number of aliphatic hydroxyl groups excluding tert-OH is 1. The third-order valence-corrected chi connectivity index (χ3v) is 3.81. The zero-order valence-electron chi connectivity index (χ0n) is 11.5. The zero-order chi connectivity index (χ0) is 14.5. The lowest BCUT2D eigenvalue weighted by Crippen LogP contribution is -2.45. The van der Waals surface area contributed by atoms with Crippen LogP contribution in [0.5, 0.6) is 0 Å². The van der Waals surface area contributed by atoms with Crippen molar-refractivity contribution in [3.8, 4) is 0 Å². The predicted octanol–water partition coefficient (Wildman–Crippen LogP) is 2.20. The Hall–Kier alpha value is -1.33. The van der Waals surface area contributed by atoms with Gasteiger partial charge >= 0.3 is 0 Å². The molecule has 0 saturated heterocycles. The SMILES string of the molecule is CCNc1cc(C(=O)NC2CCCCC2O)c(Cl)cn1. The number of rotatable bonds is 4. The average molecular weight is 298 g/mol. The first-order valence-electron chi connectivity index (χ1n) is 7.00. The van der Waals surface area contributed by atoms with Crippen LogP contribution in [-0.2, 0) is 0 Å². The van der Waals surface area contributed by atoms with Gasteiger partial charge in [-0.1, -0.05) is 24.4 Å². The summed E-state index contributed by atoms with van der Waals surface area (Å²) in [4.78, 5) is 16.4. The van der Waals surface area contributed by atoms with Gasteiger partial charge in [-0.15, -0.1) is 0 Å². The molecule has 110 valence electrons. The molecular formula is C14H20ClN3O2. The zero-order valence-corrected chi connectivity index (χ0v) is 12.3. The van der Waals surface area contributed by atoms with E-state index in [9.17, 15) is 9.90 Å². The third kappa shape index (κ3) is 3.61. The molecule has 1 heterocycles. The van der Waals surface area contributed by atoms with Crippen molar-refractivity contribution in [2.24, 2.45) is 0 Å². The number of carbonyl (C=O) groups is 1. The van der Waals surface area contributed by atoms with Gasteiger partial charge in [0.2, 0.25) is 0 Å². The van der Waals surface area contributed by atoms with Gasteiger partial charge in [-0.05, 0) is 25.8 Å². The van der Waals surface area contributed by atoms with Gasteiger partial charge < -0.3 is 15.7 Å². The van der Waals surface area contributed by atoms with Crippen molar-refractivity contribution in [2.45, 2.75) is 44.8 Å². The molecule has 1 fully saturated rings. The van der Waals surface area contributed by atoms with Crippen LogP contribution in [-0.4, -0.2) is 34.7 Å². The molecule has 0 aliphatic heterocycles. The van der Waals surface area contributed by atoms with E-state index < -0.39 is 6.10 Å². The standard InChI is InChI=1S/C14H20ClN3O2/c1-2-16-13-7-9(10(15)8-17-13)14(20)18-11-5-3-4-6-12(11)19/h7-8,11-12,19H,2-6H2,1H3,(H,16,17)(H,18,20). The second-order valence-electron chi connectivity index (χ2n) is 5.01. The molecule has 5 nitrogen and oxygen atoms in total. The molecule has 1 aromatic rings. The van der Waals surface area contributed by atoms with Crippen LogP contribution in [0.4, 0.5) is 5.82 Å². The van der Waals surface area contributed by atoms with Crippen molar-refractivity contribution in [1.29, 1.82) is 0 Å². The van der Waals surface area contributed by atoms with E-state index >= 15 is 0 Å². The molecule has 3 N–H and O–H groups in total. The number of hydrogen-bond acceptors (Lipinski definition) is 4. The van der Waals surface area contributed by atoms with Crippen molar-refractivity contribution < 1.29 is 9.90 Å².